The Morgan fingerprint density at radius 1 is 1.24 bits per heavy atom. The molecule has 1 fully saturated rings. The van der Waals surface area contributed by atoms with Crippen LogP contribution < -0.4 is 16.2 Å². The molecule has 1 aliphatic rings. The molecule has 0 saturated carbocycles. The summed E-state index contributed by atoms with van der Waals surface area (Å²) in [5, 5.41) is 15.4. The van der Waals surface area contributed by atoms with Crippen molar-refractivity contribution in [1.29, 1.82) is 5.26 Å². The molecule has 0 radical (unpaired) electrons. The number of fused-ring (bicyclic) bond motifs is 2. The van der Waals surface area contributed by atoms with Gasteiger partial charge in [0.15, 0.2) is 5.82 Å². The van der Waals surface area contributed by atoms with Gasteiger partial charge in [0.25, 0.3) is 5.56 Å². The highest BCUT2D eigenvalue weighted by molar-refractivity contribution is 6.33. The summed E-state index contributed by atoms with van der Waals surface area (Å²) in [5.74, 6) is 1.30. The van der Waals surface area contributed by atoms with E-state index < -0.39 is 0 Å². The summed E-state index contributed by atoms with van der Waals surface area (Å²) < 4.78 is 3.11. The van der Waals surface area contributed by atoms with Gasteiger partial charge in [-0.15, -0.1) is 0 Å². The van der Waals surface area contributed by atoms with Crippen LogP contribution >= 0.6 is 11.6 Å². The van der Waals surface area contributed by atoms with Gasteiger partial charge < -0.3 is 15.6 Å². The zero-order valence-electron chi connectivity index (χ0n) is 18.0. The van der Waals surface area contributed by atoms with Crippen LogP contribution in [0, 0.1) is 17.2 Å². The number of nitrogens with two attached hydrogens (primary N) is 1. The number of nitrogens with one attached hydrogen (secondary N) is 1. The minimum atomic E-state index is -0.308. The number of hydrogen-bond donors (Lipinski definition) is 2. The molecule has 4 aromatic heterocycles. The Labute approximate surface area is 197 Å². The number of benzene rings is 1. The smallest absolute Gasteiger partial charge is 0.284 e. The van der Waals surface area contributed by atoms with Gasteiger partial charge in [-0.1, -0.05) is 36.7 Å². The first kappa shape index (κ1) is 20.3. The summed E-state index contributed by atoms with van der Waals surface area (Å²) in [4.78, 5) is 27.4. The number of nitriles is 1. The van der Waals surface area contributed by atoms with E-state index in [4.69, 9.17) is 22.4 Å². The minimum Gasteiger partial charge on any atom is -0.368 e. The molecular formula is C23H18ClN9O. The number of hydrogen-bond acceptors (Lipinski definition) is 7. The Balaban J connectivity index is 1.61. The molecule has 1 aromatic carbocycles. The van der Waals surface area contributed by atoms with E-state index >= 15 is 0 Å². The van der Waals surface area contributed by atoms with E-state index in [1.54, 1.807) is 23.0 Å². The van der Waals surface area contributed by atoms with Gasteiger partial charge in [-0.05, 0) is 18.2 Å². The average molecular weight is 472 g/mol. The zero-order valence-corrected chi connectivity index (χ0v) is 18.7. The molecule has 6 rings (SSSR count). The largest absolute Gasteiger partial charge is 0.368 e. The number of nitrogen functional groups attached to an aromatic ring is 1. The van der Waals surface area contributed by atoms with Crippen LogP contribution in [0.3, 0.4) is 0 Å². The van der Waals surface area contributed by atoms with E-state index in [0.717, 1.165) is 0 Å². The van der Waals surface area contributed by atoms with E-state index in [9.17, 15) is 10.1 Å². The maximum Gasteiger partial charge on any atom is 0.284 e. The van der Waals surface area contributed by atoms with Gasteiger partial charge in [-0.3, -0.25) is 9.36 Å². The van der Waals surface area contributed by atoms with E-state index in [2.05, 4.69) is 27.9 Å². The molecule has 0 spiro atoms. The molecular weight excluding hydrogens is 454 g/mol. The van der Waals surface area contributed by atoms with Crippen LogP contribution in [0.1, 0.15) is 24.4 Å². The van der Waals surface area contributed by atoms with Crippen LogP contribution in [0.4, 0.5) is 11.8 Å². The molecule has 34 heavy (non-hydrogen) atoms. The van der Waals surface area contributed by atoms with E-state index in [1.165, 1.54) is 4.52 Å². The Morgan fingerprint density at radius 2 is 2.03 bits per heavy atom. The molecule has 11 heteroatoms. The van der Waals surface area contributed by atoms with Crippen molar-refractivity contribution in [3.05, 3.63) is 75.6 Å². The van der Waals surface area contributed by atoms with Gasteiger partial charge in [0, 0.05) is 24.9 Å². The predicted octanol–water partition coefficient (Wildman–Crippen LogP) is 3.06. The number of halogens is 1. The maximum atomic E-state index is 13.7. The van der Waals surface area contributed by atoms with Crippen LogP contribution in [0.5, 0.6) is 0 Å². The molecule has 0 amide bonds. The Kier molecular flexibility index (Phi) is 4.37. The Morgan fingerprint density at radius 3 is 2.76 bits per heavy atom. The summed E-state index contributed by atoms with van der Waals surface area (Å²) in [7, 11) is 0. The zero-order chi connectivity index (χ0) is 23.6. The summed E-state index contributed by atoms with van der Waals surface area (Å²) >= 11 is 6.32. The SMILES string of the molecule is C[C@H]1CN(c2nc(N)nc3[nH]cc(C#N)c23)[C@@H]1c1nn2ccc(Cl)c2c(=O)n1-c1ccccc1. The summed E-state index contributed by atoms with van der Waals surface area (Å²) in [6.45, 7) is 2.72. The van der Waals surface area contributed by atoms with Crippen LogP contribution in [0.25, 0.3) is 22.2 Å². The number of H-pyrrole nitrogens is 1. The summed E-state index contributed by atoms with van der Waals surface area (Å²) in [6.07, 6.45) is 3.26. The normalized spacial score (nSPS) is 17.7. The molecule has 168 valence electrons. The molecule has 0 bridgehead atoms. The first-order valence-electron chi connectivity index (χ1n) is 10.6. The predicted molar refractivity (Wildman–Crippen MR) is 128 cm³/mol. The van der Waals surface area contributed by atoms with Crippen LogP contribution in [-0.2, 0) is 0 Å². The van der Waals surface area contributed by atoms with Crippen molar-refractivity contribution >= 4 is 39.9 Å². The van der Waals surface area contributed by atoms with Crippen molar-refractivity contribution in [2.45, 2.75) is 13.0 Å². The molecule has 1 saturated heterocycles. The molecule has 2 atom stereocenters. The lowest BCUT2D eigenvalue weighted by Gasteiger charge is -2.47. The summed E-state index contributed by atoms with van der Waals surface area (Å²) in [6, 6.07) is 12.9. The van der Waals surface area contributed by atoms with E-state index in [-0.39, 0.29) is 23.5 Å². The molecule has 1 aliphatic heterocycles. The first-order valence-corrected chi connectivity index (χ1v) is 11.0. The third kappa shape index (κ3) is 2.80. The van der Waals surface area contributed by atoms with Crippen molar-refractivity contribution in [2.75, 3.05) is 17.2 Å². The Bertz CT molecular complexity index is 1680. The standard InChI is InChI=1S/C23H18ClN9O/c1-12-11-31(20-16-13(9-25)10-27-19(16)28-23(26)29-20)17(12)21-30-32-8-7-15(24)18(32)22(34)33(21)14-5-3-2-4-6-14/h2-8,10,12,17H,11H2,1H3,(H3,26,27,28,29)/t12-,17-/m0/s1. The van der Waals surface area contributed by atoms with Crippen molar-refractivity contribution in [1.82, 2.24) is 29.1 Å². The molecule has 5 heterocycles. The van der Waals surface area contributed by atoms with Crippen molar-refractivity contribution in [2.24, 2.45) is 5.92 Å². The fourth-order valence-electron chi connectivity index (χ4n) is 4.70. The van der Waals surface area contributed by atoms with Gasteiger partial charge in [0.1, 0.15) is 23.1 Å². The van der Waals surface area contributed by atoms with Gasteiger partial charge in [-0.25, -0.2) is 4.52 Å². The molecule has 5 aromatic rings. The number of anilines is 2. The van der Waals surface area contributed by atoms with Crippen LogP contribution in [-0.4, -0.2) is 35.7 Å². The highest BCUT2D eigenvalue weighted by Crippen LogP contribution is 2.43. The van der Waals surface area contributed by atoms with E-state index in [1.807, 2.05) is 35.2 Å². The van der Waals surface area contributed by atoms with Crippen LogP contribution in [0.15, 0.2) is 53.6 Å². The van der Waals surface area contributed by atoms with Crippen molar-refractivity contribution in [3.8, 4) is 11.8 Å². The Hall–Kier alpha value is -4.36. The van der Waals surface area contributed by atoms with Gasteiger partial charge in [0.2, 0.25) is 5.95 Å². The second-order valence-corrected chi connectivity index (χ2v) is 8.72. The molecule has 0 aliphatic carbocycles. The number of rotatable bonds is 3. The summed E-state index contributed by atoms with van der Waals surface area (Å²) in [5.41, 5.74) is 7.62. The molecule has 0 unspecified atom stereocenters. The highest BCUT2D eigenvalue weighted by atomic mass is 35.5. The third-order valence-corrected chi connectivity index (χ3v) is 6.53. The second kappa shape index (κ2) is 7.33. The fourth-order valence-corrected chi connectivity index (χ4v) is 4.92. The first-order chi connectivity index (χ1) is 16.5. The fraction of sp³-hybridized carbons (Fsp3) is 0.174. The van der Waals surface area contributed by atoms with E-state index in [0.29, 0.717) is 51.0 Å². The highest BCUT2D eigenvalue weighted by Gasteiger charge is 2.43. The minimum absolute atomic E-state index is 0.0909. The van der Waals surface area contributed by atoms with Gasteiger partial charge in [0.05, 0.1) is 27.7 Å². The van der Waals surface area contributed by atoms with Crippen molar-refractivity contribution < 1.29 is 0 Å². The monoisotopic (exact) mass is 471 g/mol. The number of para-hydroxylation sites is 1. The molecule has 3 N–H and O–H groups in total. The van der Waals surface area contributed by atoms with Gasteiger partial charge in [-0.2, -0.15) is 20.3 Å². The molecule has 10 nitrogen and oxygen atoms in total. The maximum absolute atomic E-state index is 13.7. The average Bonchev–Trinajstić information content (AvgIpc) is 3.40. The lowest BCUT2D eigenvalue weighted by atomic mass is 9.89. The second-order valence-electron chi connectivity index (χ2n) is 8.31. The number of aromatic nitrogens is 6. The van der Waals surface area contributed by atoms with Crippen LogP contribution in [0.2, 0.25) is 5.02 Å². The van der Waals surface area contributed by atoms with Crippen molar-refractivity contribution in [3.63, 3.8) is 0 Å². The number of nitrogens with zero attached hydrogens (tertiary/aromatic N) is 7. The lowest BCUT2D eigenvalue weighted by molar-refractivity contribution is 0.301. The van der Waals surface area contributed by atoms with Gasteiger partial charge >= 0.3 is 0 Å². The lowest BCUT2D eigenvalue weighted by Crippen LogP contribution is -2.51. The quantitative estimate of drug-likeness (QED) is 0.413. The third-order valence-electron chi connectivity index (χ3n) is 6.22. The topological polar surface area (TPSA) is 134 Å². The number of aromatic amines is 1.